The molecule has 0 radical (unpaired) electrons. The quantitative estimate of drug-likeness (QED) is 0.867. The number of hydrogen-bond donors (Lipinski definition) is 2. The Hall–Kier alpha value is -1.73. The fraction of sp³-hybridized carbons (Fsp3) is 0.333. The van der Waals surface area contributed by atoms with Crippen molar-refractivity contribution in [2.75, 3.05) is 5.75 Å². The van der Waals surface area contributed by atoms with Crippen LogP contribution in [0.5, 0.6) is 0 Å². The fourth-order valence-corrected chi connectivity index (χ4v) is 3.96. The third-order valence-electron chi connectivity index (χ3n) is 3.29. The molecular formula is C12H14N4O2S. The Morgan fingerprint density at radius 2 is 2.21 bits per heavy atom. The predicted octanol–water partition coefficient (Wildman–Crippen LogP) is 0.813. The predicted molar refractivity (Wildman–Crippen MR) is 69.1 cm³/mol. The van der Waals surface area contributed by atoms with Crippen LogP contribution in [0.3, 0.4) is 0 Å². The molecule has 3 rings (SSSR count). The lowest BCUT2D eigenvalue weighted by molar-refractivity contribution is 0.484. The van der Waals surface area contributed by atoms with Gasteiger partial charge in [0.25, 0.3) is 0 Å². The standard InChI is InChI=1S/C12H14N4O2S/c17-19(18)6-5-10(9-3-1-2-4-11(9)19)13-7-12-14-8-15-16-12/h1-4,8,10,13H,5-7H2,(H,14,15,16). The first-order valence-corrected chi connectivity index (χ1v) is 7.71. The maximum Gasteiger partial charge on any atom is 0.178 e. The Labute approximate surface area is 111 Å². The summed E-state index contributed by atoms with van der Waals surface area (Å²) in [5.41, 5.74) is 0.841. The van der Waals surface area contributed by atoms with Crippen molar-refractivity contribution in [2.24, 2.45) is 0 Å². The van der Waals surface area contributed by atoms with Gasteiger partial charge in [-0.3, -0.25) is 5.10 Å². The van der Waals surface area contributed by atoms with Crippen LogP contribution in [-0.2, 0) is 16.4 Å². The molecule has 1 aromatic carbocycles. The molecule has 19 heavy (non-hydrogen) atoms. The zero-order chi connectivity index (χ0) is 13.3. The van der Waals surface area contributed by atoms with Gasteiger partial charge in [-0.15, -0.1) is 0 Å². The molecule has 1 unspecified atom stereocenters. The number of fused-ring (bicyclic) bond motifs is 1. The summed E-state index contributed by atoms with van der Waals surface area (Å²) < 4.78 is 24.0. The number of hydrogen-bond acceptors (Lipinski definition) is 5. The number of nitrogens with one attached hydrogen (secondary N) is 2. The van der Waals surface area contributed by atoms with Gasteiger partial charge in [-0.2, -0.15) is 5.10 Å². The van der Waals surface area contributed by atoms with E-state index in [1.54, 1.807) is 12.1 Å². The lowest BCUT2D eigenvalue weighted by Gasteiger charge is -2.26. The summed E-state index contributed by atoms with van der Waals surface area (Å²) in [6.45, 7) is 0.541. The Balaban J connectivity index is 1.84. The number of H-pyrrole nitrogens is 1. The Bertz CT molecular complexity index is 667. The molecule has 2 heterocycles. The van der Waals surface area contributed by atoms with Crippen molar-refractivity contribution in [2.45, 2.75) is 23.9 Å². The number of aromatic amines is 1. The zero-order valence-corrected chi connectivity index (χ0v) is 11.0. The minimum absolute atomic E-state index is 0.0322. The minimum atomic E-state index is -3.12. The number of rotatable bonds is 3. The van der Waals surface area contributed by atoms with Crippen molar-refractivity contribution < 1.29 is 8.42 Å². The highest BCUT2D eigenvalue weighted by Crippen LogP contribution is 2.31. The van der Waals surface area contributed by atoms with Crippen molar-refractivity contribution in [3.8, 4) is 0 Å². The Morgan fingerprint density at radius 1 is 1.37 bits per heavy atom. The van der Waals surface area contributed by atoms with Gasteiger partial charge < -0.3 is 5.32 Å². The SMILES string of the molecule is O=S1(=O)CCC(NCc2ncn[nH]2)c2ccccc21. The molecule has 7 heteroatoms. The molecule has 0 aliphatic carbocycles. The Kier molecular flexibility index (Phi) is 3.08. The van der Waals surface area contributed by atoms with Crippen LogP contribution >= 0.6 is 0 Å². The third-order valence-corrected chi connectivity index (χ3v) is 5.10. The monoisotopic (exact) mass is 278 g/mol. The highest BCUT2D eigenvalue weighted by Gasteiger charge is 2.29. The molecule has 2 N–H and O–H groups in total. The van der Waals surface area contributed by atoms with Gasteiger partial charge in [-0.25, -0.2) is 13.4 Å². The number of aromatic nitrogens is 3. The van der Waals surface area contributed by atoms with Crippen molar-refractivity contribution >= 4 is 9.84 Å². The highest BCUT2D eigenvalue weighted by molar-refractivity contribution is 7.91. The first kappa shape index (κ1) is 12.3. The highest BCUT2D eigenvalue weighted by atomic mass is 32.2. The second-order valence-electron chi connectivity index (χ2n) is 4.51. The van der Waals surface area contributed by atoms with Gasteiger partial charge in [0.15, 0.2) is 9.84 Å². The lowest BCUT2D eigenvalue weighted by atomic mass is 10.0. The van der Waals surface area contributed by atoms with E-state index in [2.05, 4.69) is 20.5 Å². The molecule has 1 atom stereocenters. The second-order valence-corrected chi connectivity index (χ2v) is 6.59. The molecule has 0 spiro atoms. The molecule has 6 nitrogen and oxygen atoms in total. The summed E-state index contributed by atoms with van der Waals surface area (Å²) in [5.74, 6) is 0.920. The van der Waals surface area contributed by atoms with E-state index in [1.807, 2.05) is 12.1 Å². The molecule has 1 aliphatic rings. The van der Waals surface area contributed by atoms with E-state index in [4.69, 9.17) is 0 Å². The molecule has 1 aliphatic heterocycles. The number of nitrogens with zero attached hydrogens (tertiary/aromatic N) is 2. The van der Waals surface area contributed by atoms with Crippen LogP contribution in [0.15, 0.2) is 35.5 Å². The summed E-state index contributed by atoms with van der Waals surface area (Å²) in [4.78, 5) is 4.48. The van der Waals surface area contributed by atoms with Crippen LogP contribution in [0.2, 0.25) is 0 Å². The van der Waals surface area contributed by atoms with Crippen molar-refractivity contribution in [1.82, 2.24) is 20.5 Å². The molecule has 100 valence electrons. The molecule has 0 bridgehead atoms. The smallest absolute Gasteiger partial charge is 0.178 e. The van der Waals surface area contributed by atoms with E-state index < -0.39 is 9.84 Å². The first-order valence-electron chi connectivity index (χ1n) is 6.06. The topological polar surface area (TPSA) is 87.7 Å². The molecular weight excluding hydrogens is 264 g/mol. The van der Waals surface area contributed by atoms with Gasteiger partial charge in [-0.1, -0.05) is 18.2 Å². The average Bonchev–Trinajstić information content (AvgIpc) is 2.91. The second kappa shape index (κ2) is 4.75. The summed E-state index contributed by atoms with van der Waals surface area (Å²) in [5, 5.41) is 9.88. The molecule has 0 fully saturated rings. The zero-order valence-electron chi connectivity index (χ0n) is 10.2. The largest absolute Gasteiger partial charge is 0.303 e. The summed E-state index contributed by atoms with van der Waals surface area (Å²) >= 11 is 0. The normalized spacial score (nSPS) is 20.9. The van der Waals surface area contributed by atoms with Crippen LogP contribution in [0.1, 0.15) is 23.9 Å². The van der Waals surface area contributed by atoms with E-state index in [1.165, 1.54) is 6.33 Å². The van der Waals surface area contributed by atoms with Gasteiger partial charge in [0, 0.05) is 6.04 Å². The first-order chi connectivity index (χ1) is 9.17. The van der Waals surface area contributed by atoms with E-state index in [0.29, 0.717) is 17.9 Å². The molecule has 0 amide bonds. The third kappa shape index (κ3) is 2.39. The number of benzene rings is 1. The van der Waals surface area contributed by atoms with Crippen LogP contribution < -0.4 is 5.32 Å². The molecule has 0 saturated heterocycles. The van der Waals surface area contributed by atoms with Gasteiger partial charge >= 0.3 is 0 Å². The van der Waals surface area contributed by atoms with Gasteiger partial charge in [0.1, 0.15) is 12.2 Å². The van der Waals surface area contributed by atoms with E-state index in [0.717, 1.165) is 11.4 Å². The maximum absolute atomic E-state index is 12.0. The van der Waals surface area contributed by atoms with Gasteiger partial charge in [0.05, 0.1) is 17.2 Å². The van der Waals surface area contributed by atoms with Crippen molar-refractivity contribution in [3.63, 3.8) is 0 Å². The average molecular weight is 278 g/mol. The van der Waals surface area contributed by atoms with Crippen LogP contribution in [0.25, 0.3) is 0 Å². The maximum atomic E-state index is 12.0. The fourth-order valence-electron chi connectivity index (χ4n) is 2.34. The number of sulfone groups is 1. The minimum Gasteiger partial charge on any atom is -0.303 e. The summed E-state index contributed by atoms with van der Waals surface area (Å²) in [6, 6.07) is 7.19. The van der Waals surface area contributed by atoms with Gasteiger partial charge in [0.2, 0.25) is 0 Å². The van der Waals surface area contributed by atoms with Gasteiger partial charge in [-0.05, 0) is 18.1 Å². The Morgan fingerprint density at radius 3 is 3.00 bits per heavy atom. The van der Waals surface area contributed by atoms with E-state index in [-0.39, 0.29) is 11.8 Å². The van der Waals surface area contributed by atoms with Crippen molar-refractivity contribution in [3.05, 3.63) is 42.0 Å². The van der Waals surface area contributed by atoms with E-state index >= 15 is 0 Å². The van der Waals surface area contributed by atoms with Crippen LogP contribution in [0.4, 0.5) is 0 Å². The molecule has 2 aromatic rings. The molecule has 0 saturated carbocycles. The molecule has 1 aromatic heterocycles. The summed E-state index contributed by atoms with van der Waals surface area (Å²) in [7, 11) is -3.12. The van der Waals surface area contributed by atoms with Crippen LogP contribution in [0, 0.1) is 0 Å². The van der Waals surface area contributed by atoms with Crippen LogP contribution in [-0.4, -0.2) is 29.4 Å². The van der Waals surface area contributed by atoms with Crippen molar-refractivity contribution in [1.29, 1.82) is 0 Å². The van der Waals surface area contributed by atoms with E-state index in [9.17, 15) is 8.42 Å². The lowest BCUT2D eigenvalue weighted by Crippen LogP contribution is -2.29. The summed E-state index contributed by atoms with van der Waals surface area (Å²) in [6.07, 6.45) is 2.03.